The second kappa shape index (κ2) is 6.90. The Morgan fingerprint density at radius 2 is 1.96 bits per heavy atom. The minimum atomic E-state index is -2.04. The number of carbonyl (C=O) groups excluding carboxylic acids is 2. The lowest BCUT2D eigenvalue weighted by atomic mass is 9.87. The van der Waals surface area contributed by atoms with Crippen LogP contribution in [0, 0.1) is 11.6 Å². The van der Waals surface area contributed by atoms with Crippen molar-refractivity contribution >= 4 is 33.4 Å². The first-order valence-electron chi connectivity index (χ1n) is 7.91. The van der Waals surface area contributed by atoms with Gasteiger partial charge in [0, 0.05) is 28.1 Å². The number of nitrogens with zero attached hydrogens (tertiary/aromatic N) is 1. The van der Waals surface area contributed by atoms with Crippen molar-refractivity contribution < 1.29 is 33.4 Å². The normalized spacial score (nSPS) is 18.3. The van der Waals surface area contributed by atoms with E-state index in [9.17, 15) is 28.6 Å². The second-order valence-corrected chi connectivity index (χ2v) is 6.82. The fourth-order valence-electron chi connectivity index (χ4n) is 2.97. The van der Waals surface area contributed by atoms with Gasteiger partial charge in [0.15, 0.2) is 11.6 Å². The molecule has 0 spiro atoms. The molecule has 0 fully saturated rings. The molecule has 3 rings (SSSR count). The first-order chi connectivity index (χ1) is 12.7. The lowest BCUT2D eigenvalue weighted by molar-refractivity contribution is -0.155. The second-order valence-electron chi connectivity index (χ2n) is 5.97. The minimum absolute atomic E-state index is 0.0633. The molecule has 0 radical (unpaired) electrons. The molecule has 2 aromatic rings. The molecule has 0 aliphatic carbocycles. The number of rotatable bonds is 4. The van der Waals surface area contributed by atoms with Crippen LogP contribution >= 0.6 is 15.9 Å². The van der Waals surface area contributed by atoms with Gasteiger partial charge in [-0.1, -0.05) is 28.9 Å². The van der Waals surface area contributed by atoms with Gasteiger partial charge < -0.3 is 15.1 Å². The average molecular weight is 442 g/mol. The molecule has 0 saturated heterocycles. The van der Waals surface area contributed by atoms with Crippen LogP contribution < -0.4 is 5.06 Å². The molecule has 0 amide bonds. The van der Waals surface area contributed by atoms with Crippen molar-refractivity contribution in [2.45, 2.75) is 18.9 Å². The number of β-amino-alcohol motifs (C(OH)–C–C–N with tert-alkyl or cyclic N) is 1. The lowest BCUT2D eigenvalue weighted by Crippen LogP contribution is -2.37. The number of phenolic OH excluding ortho intramolecular Hbond substituents is 1. The number of hydrogen-bond donors (Lipinski definition) is 2. The molecule has 142 valence electrons. The number of fused-ring (bicyclic) bond motifs is 1. The van der Waals surface area contributed by atoms with Gasteiger partial charge >= 0.3 is 5.97 Å². The molecular formula is C18H14BrF2NO5. The third kappa shape index (κ3) is 3.17. The van der Waals surface area contributed by atoms with Gasteiger partial charge in [-0.05, 0) is 18.2 Å². The highest BCUT2D eigenvalue weighted by Gasteiger charge is 2.48. The smallest absolute Gasteiger partial charge is 0.398 e. The Kier molecular flexibility index (Phi) is 4.92. The molecule has 1 heterocycles. The maximum absolute atomic E-state index is 13.8. The highest BCUT2D eigenvalue weighted by Crippen LogP contribution is 2.49. The summed E-state index contributed by atoms with van der Waals surface area (Å²) in [6.07, 6.45) is -0.0633. The SMILES string of the molecule is CCC(=O)C(=O)ON1CC(O)(c2cc(F)c(F)cc2O)c2c(Br)cccc21. The van der Waals surface area contributed by atoms with Crippen LogP contribution in [0.3, 0.4) is 0 Å². The van der Waals surface area contributed by atoms with Gasteiger partial charge in [-0.25, -0.2) is 18.6 Å². The summed E-state index contributed by atoms with van der Waals surface area (Å²) in [7, 11) is 0. The highest BCUT2D eigenvalue weighted by molar-refractivity contribution is 9.10. The fourth-order valence-corrected chi connectivity index (χ4v) is 3.65. The van der Waals surface area contributed by atoms with Crippen molar-refractivity contribution in [3.8, 4) is 5.75 Å². The molecule has 1 aliphatic rings. The monoisotopic (exact) mass is 441 g/mol. The summed E-state index contributed by atoms with van der Waals surface area (Å²) in [6.45, 7) is 1.06. The lowest BCUT2D eigenvalue weighted by Gasteiger charge is -2.26. The first-order valence-corrected chi connectivity index (χ1v) is 8.70. The number of Topliss-reactive ketones (excluding diaryl/α,β-unsaturated/α-hetero) is 1. The van der Waals surface area contributed by atoms with E-state index in [0.29, 0.717) is 16.6 Å². The Morgan fingerprint density at radius 1 is 1.30 bits per heavy atom. The maximum atomic E-state index is 13.8. The Labute approximate surface area is 161 Å². The molecule has 27 heavy (non-hydrogen) atoms. The Balaban J connectivity index is 2.12. The largest absolute Gasteiger partial charge is 0.507 e. The van der Waals surface area contributed by atoms with Crippen molar-refractivity contribution in [3.63, 3.8) is 0 Å². The fraction of sp³-hybridized carbons (Fsp3) is 0.222. The number of hydroxylamine groups is 1. The number of halogens is 3. The van der Waals surface area contributed by atoms with Crippen LogP contribution in [0.4, 0.5) is 14.5 Å². The van der Waals surface area contributed by atoms with Crippen LogP contribution in [0.25, 0.3) is 0 Å². The Morgan fingerprint density at radius 3 is 2.63 bits per heavy atom. The first kappa shape index (κ1) is 19.2. The standard InChI is InChI=1S/C18H14BrF2NO5/c1-2-14(23)17(25)27-22-8-18(26,16-10(19)4-3-5-13(16)22)9-6-11(20)12(21)7-15(9)24/h3-7,24,26H,2,8H2,1H3. The van der Waals surface area contributed by atoms with Gasteiger partial charge in [0.25, 0.3) is 0 Å². The molecule has 1 aliphatic heterocycles. The van der Waals surface area contributed by atoms with Crippen molar-refractivity contribution in [1.29, 1.82) is 0 Å². The predicted molar refractivity (Wildman–Crippen MR) is 93.9 cm³/mol. The van der Waals surface area contributed by atoms with Crippen LogP contribution in [-0.2, 0) is 20.0 Å². The van der Waals surface area contributed by atoms with Crippen LogP contribution in [0.2, 0.25) is 0 Å². The summed E-state index contributed by atoms with van der Waals surface area (Å²) >= 11 is 3.27. The third-order valence-electron chi connectivity index (χ3n) is 4.27. The topological polar surface area (TPSA) is 87.1 Å². The van der Waals surface area contributed by atoms with Crippen LogP contribution in [0.15, 0.2) is 34.8 Å². The number of hydrogen-bond acceptors (Lipinski definition) is 6. The van der Waals surface area contributed by atoms with Crippen LogP contribution in [-0.4, -0.2) is 28.5 Å². The van der Waals surface area contributed by atoms with Gasteiger partial charge in [0.1, 0.15) is 11.4 Å². The zero-order chi connectivity index (χ0) is 19.9. The van der Waals surface area contributed by atoms with E-state index >= 15 is 0 Å². The summed E-state index contributed by atoms with van der Waals surface area (Å²) in [5.74, 6) is -5.10. The van der Waals surface area contributed by atoms with E-state index in [-0.39, 0.29) is 23.2 Å². The van der Waals surface area contributed by atoms with Gasteiger partial charge in [-0.15, -0.1) is 0 Å². The minimum Gasteiger partial charge on any atom is -0.507 e. The molecule has 1 unspecified atom stereocenters. The molecule has 0 aromatic heterocycles. The number of aliphatic hydroxyl groups is 1. The molecule has 0 bridgehead atoms. The average Bonchev–Trinajstić information content (AvgIpc) is 2.91. The van der Waals surface area contributed by atoms with Gasteiger partial charge in [-0.3, -0.25) is 4.79 Å². The number of aromatic hydroxyl groups is 1. The number of benzene rings is 2. The van der Waals surface area contributed by atoms with Crippen molar-refractivity contribution in [1.82, 2.24) is 0 Å². The van der Waals surface area contributed by atoms with Gasteiger partial charge in [-0.2, -0.15) is 0 Å². The molecule has 1 atom stereocenters. The van der Waals surface area contributed by atoms with E-state index in [1.807, 2.05) is 0 Å². The van der Waals surface area contributed by atoms with E-state index < -0.39 is 41.3 Å². The Hall–Kier alpha value is -2.52. The quantitative estimate of drug-likeness (QED) is 0.709. The molecular weight excluding hydrogens is 428 g/mol. The Bertz CT molecular complexity index is 952. The van der Waals surface area contributed by atoms with E-state index in [0.717, 1.165) is 5.06 Å². The van der Waals surface area contributed by atoms with E-state index in [2.05, 4.69) is 15.9 Å². The summed E-state index contributed by atoms with van der Waals surface area (Å²) in [4.78, 5) is 28.5. The van der Waals surface area contributed by atoms with Crippen LogP contribution in [0.5, 0.6) is 5.75 Å². The summed E-state index contributed by atoms with van der Waals surface area (Å²) < 4.78 is 27.5. The van der Waals surface area contributed by atoms with Gasteiger partial charge in [0.2, 0.25) is 5.78 Å². The number of anilines is 1. The maximum Gasteiger partial charge on any atom is 0.398 e. The van der Waals surface area contributed by atoms with Crippen molar-refractivity contribution in [2.24, 2.45) is 0 Å². The molecule has 6 nitrogen and oxygen atoms in total. The van der Waals surface area contributed by atoms with E-state index in [4.69, 9.17) is 4.84 Å². The van der Waals surface area contributed by atoms with Crippen molar-refractivity contribution in [3.05, 3.63) is 57.6 Å². The van der Waals surface area contributed by atoms with Gasteiger partial charge in [0.05, 0.1) is 12.2 Å². The molecule has 2 N–H and O–H groups in total. The molecule has 9 heteroatoms. The van der Waals surface area contributed by atoms with Crippen LogP contribution in [0.1, 0.15) is 24.5 Å². The summed E-state index contributed by atoms with van der Waals surface area (Å²) in [5, 5.41) is 22.3. The summed E-state index contributed by atoms with van der Waals surface area (Å²) in [5.41, 5.74) is -1.95. The summed E-state index contributed by atoms with van der Waals surface area (Å²) in [6, 6.07) is 5.93. The zero-order valence-corrected chi connectivity index (χ0v) is 15.6. The number of carbonyl (C=O) groups is 2. The van der Waals surface area contributed by atoms with E-state index in [1.165, 1.54) is 13.0 Å². The highest BCUT2D eigenvalue weighted by atomic mass is 79.9. The number of phenols is 1. The van der Waals surface area contributed by atoms with E-state index in [1.54, 1.807) is 12.1 Å². The van der Waals surface area contributed by atoms with Crippen molar-refractivity contribution in [2.75, 3.05) is 11.6 Å². The number of ketones is 1. The zero-order valence-electron chi connectivity index (χ0n) is 14.0. The molecule has 0 saturated carbocycles. The third-order valence-corrected chi connectivity index (χ3v) is 4.93. The molecule has 2 aromatic carbocycles. The predicted octanol–water partition coefficient (Wildman–Crippen LogP) is 2.93.